The summed E-state index contributed by atoms with van der Waals surface area (Å²) < 4.78 is 36.0. The molecule has 4 nitrogen and oxygen atoms in total. The van der Waals surface area contributed by atoms with Gasteiger partial charge in [0.25, 0.3) is 0 Å². The first-order valence-corrected chi connectivity index (χ1v) is 8.19. The molecule has 0 aromatic heterocycles. The minimum Gasteiger partial charge on any atom is -0.355 e. The molecule has 0 saturated carbocycles. The van der Waals surface area contributed by atoms with Crippen molar-refractivity contribution in [2.24, 2.45) is 0 Å². The van der Waals surface area contributed by atoms with Gasteiger partial charge < -0.3 is 10.6 Å². The summed E-state index contributed by atoms with van der Waals surface area (Å²) in [6.45, 7) is 2.17. The van der Waals surface area contributed by atoms with E-state index in [9.17, 15) is 22.8 Å². The highest BCUT2D eigenvalue weighted by Gasteiger charge is 2.31. The fourth-order valence-electron chi connectivity index (χ4n) is 2.44. The van der Waals surface area contributed by atoms with Crippen LogP contribution in [0, 0.1) is 0 Å². The Kier molecular flexibility index (Phi) is 5.56. The average molecular weight is 346 g/mol. The number of benzene rings is 1. The van der Waals surface area contributed by atoms with Crippen molar-refractivity contribution in [2.75, 3.05) is 17.6 Å². The van der Waals surface area contributed by atoms with Crippen LogP contribution in [-0.4, -0.2) is 29.6 Å². The summed E-state index contributed by atoms with van der Waals surface area (Å²) in [5, 5.41) is 5.20. The summed E-state index contributed by atoms with van der Waals surface area (Å²) in [6, 6.07) is 5.75. The molecule has 1 atom stereocenters. The zero-order chi connectivity index (χ0) is 17.0. The van der Waals surface area contributed by atoms with Gasteiger partial charge in [0.05, 0.1) is 11.7 Å². The van der Waals surface area contributed by atoms with Gasteiger partial charge in [-0.2, -0.15) is 13.2 Å². The van der Waals surface area contributed by atoms with E-state index < -0.39 is 17.2 Å². The first kappa shape index (κ1) is 17.7. The number of amides is 2. The number of hydrogen-bond acceptors (Lipinski definition) is 3. The number of carbonyl (C=O) groups is 2. The zero-order valence-corrected chi connectivity index (χ0v) is 13.3. The Labute approximate surface area is 136 Å². The Bertz CT molecular complexity index is 605. The van der Waals surface area contributed by atoms with Crippen LogP contribution >= 0.6 is 11.8 Å². The largest absolute Gasteiger partial charge is 0.442 e. The third-order valence-corrected chi connectivity index (χ3v) is 4.33. The van der Waals surface area contributed by atoms with Gasteiger partial charge in [-0.05, 0) is 41.8 Å². The number of anilines is 1. The fraction of sp³-hybridized carbons (Fsp3) is 0.467. The quantitative estimate of drug-likeness (QED) is 0.832. The van der Waals surface area contributed by atoms with Crippen LogP contribution in [-0.2, 0) is 16.0 Å². The average Bonchev–Trinajstić information content (AvgIpc) is 2.79. The lowest BCUT2D eigenvalue weighted by atomic mass is 9.95. The molecule has 0 unspecified atom stereocenters. The number of alkyl halides is 3. The van der Waals surface area contributed by atoms with Crippen molar-refractivity contribution in [1.82, 2.24) is 5.32 Å². The number of carbonyl (C=O) groups excluding carboxylic acids is 2. The molecule has 1 aromatic rings. The molecule has 23 heavy (non-hydrogen) atoms. The van der Waals surface area contributed by atoms with E-state index in [-0.39, 0.29) is 30.1 Å². The summed E-state index contributed by atoms with van der Waals surface area (Å²) in [7, 11) is 0. The number of fused-ring (bicyclic) bond motifs is 1. The molecule has 0 aliphatic carbocycles. The van der Waals surface area contributed by atoms with Crippen molar-refractivity contribution >= 4 is 29.3 Å². The summed E-state index contributed by atoms with van der Waals surface area (Å²) in [5.41, 5.74) is -1.67. The molecule has 2 N–H and O–H groups in total. The van der Waals surface area contributed by atoms with Gasteiger partial charge >= 0.3 is 5.51 Å². The lowest BCUT2D eigenvalue weighted by Gasteiger charge is -2.11. The Balaban J connectivity index is 1.87. The van der Waals surface area contributed by atoms with Gasteiger partial charge in [-0.1, -0.05) is 19.1 Å². The van der Waals surface area contributed by atoms with Gasteiger partial charge in [0.1, 0.15) is 0 Å². The second-order valence-corrected chi connectivity index (χ2v) is 6.23. The normalized spacial score (nSPS) is 16.9. The fourth-order valence-corrected chi connectivity index (χ4v) is 2.83. The van der Waals surface area contributed by atoms with Crippen molar-refractivity contribution in [2.45, 2.75) is 31.2 Å². The molecule has 1 aromatic carbocycles. The minimum absolute atomic E-state index is 0.146. The Morgan fingerprint density at radius 3 is 2.78 bits per heavy atom. The Hall–Kier alpha value is -1.70. The van der Waals surface area contributed by atoms with Crippen molar-refractivity contribution < 1.29 is 22.8 Å². The number of halogens is 3. The van der Waals surface area contributed by atoms with Crippen molar-refractivity contribution in [1.29, 1.82) is 0 Å². The molecule has 126 valence electrons. The predicted molar refractivity (Wildman–Crippen MR) is 83.3 cm³/mol. The number of aryl methyl sites for hydroxylation is 1. The van der Waals surface area contributed by atoms with Gasteiger partial charge in [0, 0.05) is 12.2 Å². The van der Waals surface area contributed by atoms with Crippen LogP contribution in [0.2, 0.25) is 0 Å². The van der Waals surface area contributed by atoms with E-state index in [4.69, 9.17) is 0 Å². The third kappa shape index (κ3) is 4.89. The third-order valence-electron chi connectivity index (χ3n) is 3.60. The van der Waals surface area contributed by atoms with Gasteiger partial charge in [-0.3, -0.25) is 9.59 Å². The zero-order valence-electron chi connectivity index (χ0n) is 12.5. The van der Waals surface area contributed by atoms with Crippen LogP contribution in [0.25, 0.3) is 0 Å². The molecular formula is C15H17F3N2O2S. The van der Waals surface area contributed by atoms with Crippen LogP contribution in [0.15, 0.2) is 18.2 Å². The summed E-state index contributed by atoms with van der Waals surface area (Å²) in [5.74, 6) is -1.88. The molecule has 0 radical (unpaired) electrons. The maximum atomic E-state index is 12.0. The Morgan fingerprint density at radius 1 is 1.39 bits per heavy atom. The molecule has 2 amide bonds. The van der Waals surface area contributed by atoms with Gasteiger partial charge in [0.15, 0.2) is 0 Å². The van der Waals surface area contributed by atoms with Crippen LogP contribution in [0.4, 0.5) is 18.9 Å². The van der Waals surface area contributed by atoms with Crippen molar-refractivity contribution in [3.05, 3.63) is 29.3 Å². The molecule has 8 heteroatoms. The first-order chi connectivity index (χ1) is 10.8. The van der Waals surface area contributed by atoms with E-state index in [0.29, 0.717) is 6.42 Å². The van der Waals surface area contributed by atoms with Gasteiger partial charge in [-0.15, -0.1) is 0 Å². The minimum atomic E-state index is -4.42. The summed E-state index contributed by atoms with van der Waals surface area (Å²) in [4.78, 5) is 23.3. The van der Waals surface area contributed by atoms with E-state index in [2.05, 4.69) is 10.6 Å². The molecule has 0 spiro atoms. The molecule has 0 saturated heterocycles. The SMILES string of the molecule is CCc1ccc2c(c1)[C@@H](CCNC(=O)CSC(F)(F)F)C(=O)N2. The van der Waals surface area contributed by atoms with Crippen LogP contribution in [0.1, 0.15) is 30.4 Å². The number of thioether (sulfide) groups is 1. The first-order valence-electron chi connectivity index (χ1n) is 7.21. The standard InChI is InChI=1S/C15H17F3N2O2S/c1-2-9-3-4-12-11(7-9)10(14(22)20-12)5-6-19-13(21)8-23-15(16,17)18/h3-4,7,10H,2,5-6,8H2,1H3,(H,19,21)(H,20,22)/t10-/m1/s1. The second kappa shape index (κ2) is 7.25. The van der Waals surface area contributed by atoms with E-state index in [1.54, 1.807) is 0 Å². The molecule has 0 bridgehead atoms. The number of rotatable bonds is 6. The highest BCUT2D eigenvalue weighted by molar-refractivity contribution is 8.00. The topological polar surface area (TPSA) is 58.2 Å². The smallest absolute Gasteiger partial charge is 0.355 e. The van der Waals surface area contributed by atoms with Crippen LogP contribution in [0.3, 0.4) is 0 Å². The lowest BCUT2D eigenvalue weighted by Crippen LogP contribution is -2.29. The second-order valence-electron chi connectivity index (χ2n) is 5.19. The molecule has 1 aliphatic rings. The Morgan fingerprint density at radius 2 is 2.13 bits per heavy atom. The van der Waals surface area contributed by atoms with Crippen LogP contribution < -0.4 is 10.6 Å². The van der Waals surface area contributed by atoms with E-state index in [1.165, 1.54) is 0 Å². The highest BCUT2D eigenvalue weighted by Crippen LogP contribution is 2.35. The van der Waals surface area contributed by atoms with E-state index >= 15 is 0 Å². The van der Waals surface area contributed by atoms with E-state index in [0.717, 1.165) is 23.2 Å². The van der Waals surface area contributed by atoms with Gasteiger partial charge in [-0.25, -0.2) is 0 Å². The van der Waals surface area contributed by atoms with Crippen molar-refractivity contribution in [3.63, 3.8) is 0 Å². The maximum Gasteiger partial charge on any atom is 0.442 e. The molecule has 1 heterocycles. The highest BCUT2D eigenvalue weighted by atomic mass is 32.2. The molecular weight excluding hydrogens is 329 g/mol. The van der Waals surface area contributed by atoms with Gasteiger partial charge in [0.2, 0.25) is 11.8 Å². The predicted octanol–water partition coefficient (Wildman–Crippen LogP) is 3.04. The van der Waals surface area contributed by atoms with E-state index in [1.807, 2.05) is 25.1 Å². The molecule has 0 fully saturated rings. The van der Waals surface area contributed by atoms with Crippen molar-refractivity contribution in [3.8, 4) is 0 Å². The lowest BCUT2D eigenvalue weighted by molar-refractivity contribution is -0.120. The maximum absolute atomic E-state index is 12.0. The monoisotopic (exact) mass is 346 g/mol. The molecule has 2 rings (SSSR count). The number of nitrogens with one attached hydrogen (secondary N) is 2. The summed E-state index contributed by atoms with van der Waals surface area (Å²) >= 11 is -0.373. The summed E-state index contributed by atoms with van der Waals surface area (Å²) in [6.07, 6.45) is 1.20. The molecule has 1 aliphatic heterocycles. The van der Waals surface area contributed by atoms with Crippen LogP contribution in [0.5, 0.6) is 0 Å². The number of hydrogen-bond donors (Lipinski definition) is 2.